The summed E-state index contributed by atoms with van der Waals surface area (Å²) in [6.45, 7) is 6.69. The number of carbonyl (C=O) groups is 4. The number of para-hydroxylation sites is 1. The average molecular weight is 575 g/mol. The van der Waals surface area contributed by atoms with Gasteiger partial charge in [0, 0.05) is 41.0 Å². The van der Waals surface area contributed by atoms with Gasteiger partial charge in [-0.1, -0.05) is 58.2 Å². The molecule has 0 bridgehead atoms. The largest absolute Gasteiger partial charge is 0.388 e. The predicted molar refractivity (Wildman–Crippen MR) is 167 cm³/mol. The molecule has 0 spiro atoms. The van der Waals surface area contributed by atoms with Crippen LogP contribution in [0.5, 0.6) is 0 Å². The second kappa shape index (κ2) is 13.2. The van der Waals surface area contributed by atoms with E-state index in [1.165, 1.54) is 16.8 Å². The first-order chi connectivity index (χ1) is 20.0. The van der Waals surface area contributed by atoms with Gasteiger partial charge in [-0.25, -0.2) is 9.80 Å². The summed E-state index contributed by atoms with van der Waals surface area (Å²) in [5, 5.41) is 15.0. The Hall–Kier alpha value is -4.21. The van der Waals surface area contributed by atoms with Gasteiger partial charge in [0.15, 0.2) is 5.78 Å². The van der Waals surface area contributed by atoms with Crippen LogP contribution >= 0.6 is 0 Å². The molecule has 1 heterocycles. The van der Waals surface area contributed by atoms with Crippen LogP contribution in [0.15, 0.2) is 47.6 Å². The maximum atomic E-state index is 14.1. The number of urea groups is 1. The van der Waals surface area contributed by atoms with Crippen molar-refractivity contribution >= 4 is 52.0 Å². The number of benzene rings is 2. The summed E-state index contributed by atoms with van der Waals surface area (Å²) in [6, 6.07) is 12.4. The van der Waals surface area contributed by atoms with Gasteiger partial charge in [-0.15, -0.1) is 0 Å². The molecule has 0 unspecified atom stereocenters. The lowest BCUT2D eigenvalue weighted by Gasteiger charge is -2.28. The van der Waals surface area contributed by atoms with Crippen LogP contribution in [0.2, 0.25) is 0 Å². The summed E-state index contributed by atoms with van der Waals surface area (Å²) in [5.74, 6) is -0.393. The zero-order valence-electron chi connectivity index (χ0n) is 25.3. The average Bonchev–Trinajstić information content (AvgIpc) is 3.06. The summed E-state index contributed by atoms with van der Waals surface area (Å²) in [5.41, 5.74) is 3.50. The van der Waals surface area contributed by atoms with Gasteiger partial charge < -0.3 is 16.0 Å². The minimum absolute atomic E-state index is 0.0164. The van der Waals surface area contributed by atoms with Crippen molar-refractivity contribution in [3.8, 4) is 0 Å². The summed E-state index contributed by atoms with van der Waals surface area (Å²) in [6.07, 6.45) is 5.23. The molecular weight excluding hydrogens is 532 g/mol. The number of Topliss-reactive ketones (excluding diaryl/α,β-unsaturated/α-hetero) is 2. The number of rotatable bonds is 10. The Labute approximate surface area is 247 Å². The van der Waals surface area contributed by atoms with E-state index in [1.54, 1.807) is 19.2 Å². The molecule has 0 atom stereocenters. The lowest BCUT2D eigenvalue weighted by atomic mass is 9.83. The number of hydrazone groups is 1. The summed E-state index contributed by atoms with van der Waals surface area (Å²) in [4.78, 5) is 53.6. The van der Waals surface area contributed by atoms with Crippen LogP contribution in [-0.2, 0) is 14.4 Å². The first-order valence-electron chi connectivity index (χ1n) is 14.6. The molecule has 224 valence electrons. The lowest BCUT2D eigenvalue weighted by Crippen LogP contribution is -2.47. The van der Waals surface area contributed by atoms with Gasteiger partial charge in [0.25, 0.3) is 0 Å². The van der Waals surface area contributed by atoms with E-state index in [9.17, 15) is 19.2 Å². The number of hydrogen-bond donors (Lipinski definition) is 3. The third-order valence-corrected chi connectivity index (χ3v) is 7.62. The van der Waals surface area contributed by atoms with Crippen molar-refractivity contribution < 1.29 is 19.2 Å². The Balaban J connectivity index is 1.66. The zero-order valence-corrected chi connectivity index (χ0v) is 25.3. The molecule has 3 amide bonds. The summed E-state index contributed by atoms with van der Waals surface area (Å²) >= 11 is 0. The number of nitrogens with zero attached hydrogens (tertiary/aromatic N) is 3. The van der Waals surface area contributed by atoms with Crippen LogP contribution in [0, 0.1) is 11.3 Å². The second-order valence-electron chi connectivity index (χ2n) is 12.1. The van der Waals surface area contributed by atoms with Gasteiger partial charge in [0.2, 0.25) is 5.91 Å². The molecule has 10 nitrogen and oxygen atoms in total. The molecule has 2 aromatic rings. The smallest absolute Gasteiger partial charge is 0.345 e. The molecule has 1 aliphatic heterocycles. The highest BCUT2D eigenvalue weighted by Crippen LogP contribution is 2.34. The van der Waals surface area contributed by atoms with E-state index in [2.05, 4.69) is 16.0 Å². The number of fused-ring (bicyclic) bond motifs is 1. The van der Waals surface area contributed by atoms with Crippen molar-refractivity contribution in [2.24, 2.45) is 16.4 Å². The maximum Gasteiger partial charge on any atom is 0.345 e. The first-order valence-corrected chi connectivity index (χ1v) is 14.6. The molecule has 2 aliphatic rings. The van der Waals surface area contributed by atoms with E-state index in [4.69, 9.17) is 5.10 Å². The normalized spacial score (nSPS) is 15.8. The molecule has 3 N–H and O–H groups in total. The van der Waals surface area contributed by atoms with E-state index in [-0.39, 0.29) is 37.1 Å². The zero-order chi connectivity index (χ0) is 30.4. The highest BCUT2D eigenvalue weighted by atomic mass is 16.2. The molecule has 2 aromatic carbocycles. The highest BCUT2D eigenvalue weighted by molar-refractivity contribution is 6.13. The van der Waals surface area contributed by atoms with Crippen molar-refractivity contribution in [2.75, 3.05) is 47.5 Å². The van der Waals surface area contributed by atoms with Crippen LogP contribution in [0.4, 0.5) is 27.5 Å². The van der Waals surface area contributed by atoms with E-state index >= 15 is 0 Å². The number of ketones is 2. The van der Waals surface area contributed by atoms with Crippen molar-refractivity contribution in [1.82, 2.24) is 5.01 Å². The monoisotopic (exact) mass is 574 g/mol. The van der Waals surface area contributed by atoms with Crippen molar-refractivity contribution in [3.05, 3.63) is 48.0 Å². The number of hydrogen-bond acceptors (Lipinski definition) is 7. The standard InChI is InChI=1S/C32H42N6O4/c1-21(39)18-34-24-15-23(33-5)16-25(17-24)35-29(41)20-38-31(42)37(19-28(40)32(2,3)4)27-14-10-9-13-26(27)30(36-38)22-11-7-6-8-12-22/h9-10,13-17,22,33-34H,6-8,11-12,18-20H2,1-5H3,(H,35,41). The minimum Gasteiger partial charge on any atom is -0.388 e. The SMILES string of the molecule is CNc1cc(NCC(C)=O)cc(NC(=O)CN2N=C(C3CCCCC3)c3ccccc3N(CC(=O)C(C)(C)C)C2=O)c1. The molecule has 0 radical (unpaired) electrons. The van der Waals surface area contributed by atoms with Gasteiger partial charge in [-0.2, -0.15) is 5.10 Å². The first kappa shape index (κ1) is 30.7. The van der Waals surface area contributed by atoms with E-state index in [0.717, 1.165) is 49.1 Å². The Morgan fingerprint density at radius 2 is 1.62 bits per heavy atom. The Morgan fingerprint density at radius 3 is 2.29 bits per heavy atom. The summed E-state index contributed by atoms with van der Waals surface area (Å²) in [7, 11) is 1.76. The highest BCUT2D eigenvalue weighted by Gasteiger charge is 2.36. The van der Waals surface area contributed by atoms with Crippen LogP contribution < -0.4 is 20.9 Å². The Bertz CT molecular complexity index is 1370. The van der Waals surface area contributed by atoms with Gasteiger partial charge in [-0.05, 0) is 44.0 Å². The van der Waals surface area contributed by atoms with Crippen molar-refractivity contribution in [1.29, 1.82) is 0 Å². The third-order valence-electron chi connectivity index (χ3n) is 7.62. The van der Waals surface area contributed by atoms with Gasteiger partial charge in [0.1, 0.15) is 12.3 Å². The molecule has 0 saturated heterocycles. The minimum atomic E-state index is -0.650. The fraction of sp³-hybridized carbons (Fsp3) is 0.469. The second-order valence-corrected chi connectivity index (χ2v) is 12.1. The quantitative estimate of drug-likeness (QED) is 0.344. The predicted octanol–water partition coefficient (Wildman–Crippen LogP) is 5.51. The van der Waals surface area contributed by atoms with Crippen molar-refractivity contribution in [3.63, 3.8) is 0 Å². The summed E-state index contributed by atoms with van der Waals surface area (Å²) < 4.78 is 0. The van der Waals surface area contributed by atoms with Crippen molar-refractivity contribution in [2.45, 2.75) is 59.8 Å². The number of amides is 3. The van der Waals surface area contributed by atoms with E-state index in [0.29, 0.717) is 17.1 Å². The van der Waals surface area contributed by atoms with Gasteiger partial charge in [-0.3, -0.25) is 19.3 Å². The number of nitrogens with one attached hydrogen (secondary N) is 3. The third kappa shape index (κ3) is 7.54. The number of anilines is 4. The Morgan fingerprint density at radius 1 is 0.952 bits per heavy atom. The molecule has 4 rings (SSSR count). The van der Waals surface area contributed by atoms with Crippen LogP contribution in [0.3, 0.4) is 0 Å². The van der Waals surface area contributed by atoms with Crippen LogP contribution in [0.1, 0.15) is 65.4 Å². The fourth-order valence-electron chi connectivity index (χ4n) is 5.22. The Kier molecular flexibility index (Phi) is 9.65. The molecule has 1 aliphatic carbocycles. The molecule has 1 fully saturated rings. The molecule has 42 heavy (non-hydrogen) atoms. The fourth-order valence-corrected chi connectivity index (χ4v) is 5.22. The molecular formula is C32H42N6O4. The van der Waals surface area contributed by atoms with Gasteiger partial charge in [0.05, 0.1) is 24.5 Å². The molecule has 0 aromatic heterocycles. The van der Waals surface area contributed by atoms with Gasteiger partial charge >= 0.3 is 6.03 Å². The van der Waals surface area contributed by atoms with Crippen LogP contribution in [0.25, 0.3) is 0 Å². The maximum absolute atomic E-state index is 14.1. The van der Waals surface area contributed by atoms with Crippen LogP contribution in [-0.4, -0.2) is 60.9 Å². The molecule has 1 saturated carbocycles. The van der Waals surface area contributed by atoms with E-state index in [1.807, 2.05) is 51.1 Å². The topological polar surface area (TPSA) is 123 Å². The lowest BCUT2D eigenvalue weighted by molar-refractivity contribution is -0.124. The number of carbonyl (C=O) groups excluding carboxylic acids is 4. The molecule has 10 heteroatoms. The van der Waals surface area contributed by atoms with E-state index < -0.39 is 17.4 Å².